The fourth-order valence-electron chi connectivity index (χ4n) is 7.20. The predicted molar refractivity (Wildman–Crippen MR) is 185 cm³/mol. The molecule has 0 amide bonds. The summed E-state index contributed by atoms with van der Waals surface area (Å²) in [7, 11) is 0. The lowest BCUT2D eigenvalue weighted by atomic mass is 9.98. The van der Waals surface area contributed by atoms with Gasteiger partial charge in [0.25, 0.3) is 0 Å². The van der Waals surface area contributed by atoms with E-state index in [1.165, 1.54) is 21.3 Å². The molecule has 8 aromatic rings. The minimum absolute atomic E-state index is 0.0115. The van der Waals surface area contributed by atoms with Crippen molar-refractivity contribution in [2.75, 3.05) is 0 Å². The van der Waals surface area contributed by atoms with Gasteiger partial charge >= 0.3 is 24.7 Å². The molecule has 0 aliphatic rings. The van der Waals surface area contributed by atoms with Crippen molar-refractivity contribution in [1.29, 1.82) is 5.26 Å². The first kappa shape index (κ1) is 36.5. The summed E-state index contributed by atoms with van der Waals surface area (Å²) in [6, 6.07) is 23.0. The van der Waals surface area contributed by atoms with Gasteiger partial charge in [0.15, 0.2) is 0 Å². The highest BCUT2D eigenvalue weighted by atomic mass is 19.4. The molecule has 2 aromatic heterocycles. The third-order valence-corrected chi connectivity index (χ3v) is 9.61. The van der Waals surface area contributed by atoms with Gasteiger partial charge in [0.05, 0.1) is 67.3 Å². The Morgan fingerprint density at radius 1 is 0.393 bits per heavy atom. The fourth-order valence-corrected chi connectivity index (χ4v) is 7.20. The molecule has 0 radical (unpaired) electrons. The molecule has 2 heterocycles. The molecule has 0 aliphatic heterocycles. The Kier molecular flexibility index (Phi) is 8.02. The zero-order valence-corrected chi connectivity index (χ0v) is 27.8. The monoisotopic (exact) mass is 781 g/mol. The van der Waals surface area contributed by atoms with Crippen molar-refractivity contribution in [2.24, 2.45) is 0 Å². The van der Waals surface area contributed by atoms with E-state index in [0.29, 0.717) is 5.56 Å². The Labute approximate surface area is 306 Å². The number of benzene rings is 6. The highest BCUT2D eigenvalue weighted by Gasteiger charge is 2.36. The van der Waals surface area contributed by atoms with Crippen LogP contribution in [-0.2, 0) is 24.7 Å². The van der Waals surface area contributed by atoms with Crippen LogP contribution in [0.3, 0.4) is 0 Å². The van der Waals surface area contributed by atoms with Crippen LogP contribution >= 0.6 is 0 Å². The number of alkyl halides is 12. The van der Waals surface area contributed by atoms with Crippen molar-refractivity contribution in [3.63, 3.8) is 0 Å². The Hall–Kier alpha value is -6.43. The van der Waals surface area contributed by atoms with Crippen LogP contribution in [0.2, 0.25) is 0 Å². The van der Waals surface area contributed by atoms with Crippen molar-refractivity contribution < 1.29 is 52.7 Å². The van der Waals surface area contributed by atoms with Crippen LogP contribution < -0.4 is 0 Å². The molecule has 56 heavy (non-hydrogen) atoms. The minimum Gasteiger partial charge on any atom is -0.308 e. The number of halogens is 12. The fraction of sp³-hybridized carbons (Fsp3) is 0.0976. The number of fused-ring (bicyclic) bond motifs is 6. The molecule has 0 saturated carbocycles. The molecule has 0 fully saturated rings. The average molecular weight is 782 g/mol. The quantitative estimate of drug-likeness (QED) is 0.164. The third kappa shape index (κ3) is 5.96. The summed E-state index contributed by atoms with van der Waals surface area (Å²) < 4.78 is 171. The second kappa shape index (κ2) is 12.3. The zero-order chi connectivity index (χ0) is 40.1. The highest BCUT2D eigenvalue weighted by Crippen LogP contribution is 2.46. The largest absolute Gasteiger partial charge is 0.416 e. The Morgan fingerprint density at radius 2 is 0.696 bits per heavy atom. The molecule has 15 heteroatoms. The van der Waals surface area contributed by atoms with Gasteiger partial charge in [0.2, 0.25) is 0 Å². The molecule has 6 aromatic carbocycles. The average Bonchev–Trinajstić information content (AvgIpc) is 3.64. The molecule has 0 atom stereocenters. The predicted octanol–water partition coefficient (Wildman–Crippen LogP) is 13.5. The molecular weight excluding hydrogens is 762 g/mol. The Bertz CT molecular complexity index is 2610. The molecule has 0 bridgehead atoms. The maximum atomic E-state index is 14.0. The molecule has 3 nitrogen and oxygen atoms in total. The zero-order valence-electron chi connectivity index (χ0n) is 27.8. The summed E-state index contributed by atoms with van der Waals surface area (Å²) in [5, 5.41) is 9.50. The number of hydrogen-bond donors (Lipinski definition) is 0. The second-order valence-corrected chi connectivity index (χ2v) is 13.0. The summed E-state index contributed by atoms with van der Waals surface area (Å²) in [5.41, 5.74) is -3.91. The lowest BCUT2D eigenvalue weighted by Crippen LogP contribution is -2.07. The van der Waals surface area contributed by atoms with Gasteiger partial charge in [-0.15, -0.1) is 0 Å². The van der Waals surface area contributed by atoms with Gasteiger partial charge in [-0.3, -0.25) is 0 Å². The van der Waals surface area contributed by atoms with Crippen molar-refractivity contribution >= 4 is 43.6 Å². The molecule has 0 saturated heterocycles. The molecule has 282 valence electrons. The van der Waals surface area contributed by atoms with Gasteiger partial charge in [-0.2, -0.15) is 57.9 Å². The first-order chi connectivity index (χ1) is 26.3. The van der Waals surface area contributed by atoms with E-state index < -0.39 is 47.0 Å². The molecule has 0 N–H and O–H groups in total. The van der Waals surface area contributed by atoms with E-state index >= 15 is 0 Å². The van der Waals surface area contributed by atoms with Crippen molar-refractivity contribution in [1.82, 2.24) is 9.13 Å². The maximum Gasteiger partial charge on any atom is 0.416 e. The van der Waals surface area contributed by atoms with Gasteiger partial charge in [0, 0.05) is 27.1 Å². The van der Waals surface area contributed by atoms with Crippen LogP contribution in [0.15, 0.2) is 115 Å². The van der Waals surface area contributed by atoms with E-state index in [1.807, 2.05) is 6.07 Å². The van der Waals surface area contributed by atoms with E-state index in [-0.39, 0.29) is 66.1 Å². The topological polar surface area (TPSA) is 33.6 Å². The SMILES string of the molecule is N#Cc1cc(-n2c3ccc(C(F)(F)F)cc3c3cc(C(F)(F)F)ccc32)c(-c2ccccc2)c(-n2c3ccc(C(F)(F)F)cc3c3cc(C(F)(F)F)ccc32)c1. The Balaban J connectivity index is 1.56. The van der Waals surface area contributed by atoms with Crippen molar-refractivity contribution in [3.05, 3.63) is 143 Å². The van der Waals surface area contributed by atoms with Gasteiger partial charge in [-0.05, 0) is 90.5 Å². The van der Waals surface area contributed by atoms with Crippen LogP contribution in [0, 0.1) is 11.3 Å². The summed E-state index contributed by atoms with van der Waals surface area (Å²) in [6.07, 6.45) is -19.5. The second-order valence-electron chi connectivity index (χ2n) is 13.0. The number of nitriles is 1. The normalized spacial score (nSPS) is 13.0. The van der Waals surface area contributed by atoms with Crippen molar-refractivity contribution in [3.8, 4) is 28.6 Å². The van der Waals surface area contributed by atoms with Crippen LogP contribution in [0.4, 0.5) is 52.7 Å². The standard InChI is InChI=1S/C41H19F12N3/c42-38(43,44)23-6-10-31-27(16-23)28-17-24(39(45,46)47)7-11-32(28)55(31)35-14-21(20-54)15-36(37(35)22-4-2-1-3-5-22)56-33-12-8-25(40(48,49)50)18-29(33)30-19-26(41(51,52)53)9-13-34(30)56/h1-19H. The number of rotatable bonds is 3. The highest BCUT2D eigenvalue weighted by molar-refractivity contribution is 6.12. The maximum absolute atomic E-state index is 14.0. The lowest BCUT2D eigenvalue weighted by Gasteiger charge is -2.21. The summed E-state index contributed by atoms with van der Waals surface area (Å²) in [4.78, 5) is 0. The first-order valence-corrected chi connectivity index (χ1v) is 16.4. The lowest BCUT2D eigenvalue weighted by molar-refractivity contribution is -0.138. The van der Waals surface area contributed by atoms with Gasteiger partial charge < -0.3 is 9.13 Å². The number of hydrogen-bond acceptors (Lipinski definition) is 1. The van der Waals surface area contributed by atoms with Crippen molar-refractivity contribution in [2.45, 2.75) is 24.7 Å². The van der Waals surface area contributed by atoms with E-state index in [4.69, 9.17) is 0 Å². The van der Waals surface area contributed by atoms with Crippen LogP contribution in [0.5, 0.6) is 0 Å². The molecule has 0 unspecified atom stereocenters. The number of nitrogens with zero attached hydrogens (tertiary/aromatic N) is 3. The third-order valence-electron chi connectivity index (χ3n) is 9.61. The van der Waals surface area contributed by atoms with E-state index in [9.17, 15) is 57.9 Å². The van der Waals surface area contributed by atoms with E-state index in [0.717, 1.165) is 72.8 Å². The first-order valence-electron chi connectivity index (χ1n) is 16.4. The molecule has 8 rings (SSSR count). The summed E-state index contributed by atoms with van der Waals surface area (Å²) in [5.74, 6) is 0. The smallest absolute Gasteiger partial charge is 0.308 e. The van der Waals surface area contributed by atoms with Crippen LogP contribution in [0.1, 0.15) is 27.8 Å². The van der Waals surface area contributed by atoms with E-state index in [1.54, 1.807) is 30.3 Å². The summed E-state index contributed by atoms with van der Waals surface area (Å²) in [6.45, 7) is 0. The van der Waals surface area contributed by atoms with Gasteiger partial charge in [0.1, 0.15) is 0 Å². The van der Waals surface area contributed by atoms with Gasteiger partial charge in [-0.25, -0.2) is 0 Å². The van der Waals surface area contributed by atoms with E-state index in [2.05, 4.69) is 0 Å². The number of aromatic nitrogens is 2. The molecular formula is C41H19F12N3. The van der Waals surface area contributed by atoms with Gasteiger partial charge in [-0.1, -0.05) is 30.3 Å². The molecule has 0 spiro atoms. The van der Waals surface area contributed by atoms with Crippen LogP contribution in [0.25, 0.3) is 66.1 Å². The summed E-state index contributed by atoms with van der Waals surface area (Å²) >= 11 is 0. The molecule has 0 aliphatic carbocycles. The minimum atomic E-state index is -4.87. The van der Waals surface area contributed by atoms with Crippen LogP contribution in [-0.4, -0.2) is 9.13 Å². The Morgan fingerprint density at radius 3 is 0.964 bits per heavy atom.